The van der Waals surface area contributed by atoms with Crippen LogP contribution in [0.15, 0.2) is 18.2 Å². The third kappa shape index (κ3) is 3.21. The summed E-state index contributed by atoms with van der Waals surface area (Å²) in [6, 6.07) is 5.85. The van der Waals surface area contributed by atoms with Gasteiger partial charge in [0.1, 0.15) is 5.82 Å². The highest BCUT2D eigenvalue weighted by molar-refractivity contribution is 9.09. The van der Waals surface area contributed by atoms with Gasteiger partial charge in [0.05, 0.1) is 5.02 Å². The molecule has 0 amide bonds. The van der Waals surface area contributed by atoms with Gasteiger partial charge in [0.15, 0.2) is 0 Å². The minimum atomic E-state index is -0.270. The van der Waals surface area contributed by atoms with Crippen LogP contribution in [0, 0.1) is 5.82 Å². The topological polar surface area (TPSA) is 3.24 Å². The summed E-state index contributed by atoms with van der Waals surface area (Å²) >= 11 is 9.26. The molecule has 0 heterocycles. The van der Waals surface area contributed by atoms with Crippen LogP contribution in [0.25, 0.3) is 0 Å². The molecule has 0 atom stereocenters. The van der Waals surface area contributed by atoms with Crippen molar-refractivity contribution in [1.29, 1.82) is 0 Å². The predicted molar refractivity (Wildman–Crippen MR) is 73.3 cm³/mol. The van der Waals surface area contributed by atoms with Gasteiger partial charge in [-0.1, -0.05) is 46.1 Å². The fourth-order valence-electron chi connectivity index (χ4n) is 2.14. The molecule has 0 aliphatic heterocycles. The van der Waals surface area contributed by atoms with E-state index in [1.54, 1.807) is 6.07 Å². The summed E-state index contributed by atoms with van der Waals surface area (Å²) in [4.78, 5) is 2.34. The largest absolute Gasteiger partial charge is 0.295 e. The van der Waals surface area contributed by atoms with E-state index in [0.29, 0.717) is 18.2 Å². The first-order valence-electron chi connectivity index (χ1n) is 5.95. The van der Waals surface area contributed by atoms with Crippen molar-refractivity contribution in [2.75, 3.05) is 11.9 Å². The van der Waals surface area contributed by atoms with Gasteiger partial charge in [-0.15, -0.1) is 0 Å². The van der Waals surface area contributed by atoms with Crippen molar-refractivity contribution in [3.05, 3.63) is 34.6 Å². The van der Waals surface area contributed by atoms with Gasteiger partial charge in [-0.25, -0.2) is 4.39 Å². The molecule has 2 rings (SSSR count). The molecule has 0 unspecified atom stereocenters. The number of nitrogens with zero attached hydrogens (tertiary/aromatic N) is 1. The molecular weight excluding hydrogens is 305 g/mol. The maximum atomic E-state index is 13.8. The molecular formula is C13H16BrClFN. The standard InChI is InChI=1S/C13H16BrClFN/c14-7-8-17(11-4-2-5-11)9-10-3-1-6-12(15)13(10)16/h1,3,6,11H,2,4-5,7-9H2. The van der Waals surface area contributed by atoms with Crippen molar-refractivity contribution in [3.8, 4) is 0 Å². The normalized spacial score (nSPS) is 16.2. The third-order valence-electron chi connectivity index (χ3n) is 3.37. The highest BCUT2D eigenvalue weighted by Crippen LogP contribution is 2.27. The summed E-state index contributed by atoms with van der Waals surface area (Å²) < 4.78 is 13.8. The summed E-state index contributed by atoms with van der Waals surface area (Å²) in [7, 11) is 0. The predicted octanol–water partition coefficient (Wildman–Crippen LogP) is 4.23. The van der Waals surface area contributed by atoms with Gasteiger partial charge in [-0.05, 0) is 18.9 Å². The van der Waals surface area contributed by atoms with Gasteiger partial charge in [-0.2, -0.15) is 0 Å². The Morgan fingerprint density at radius 3 is 2.76 bits per heavy atom. The molecule has 1 nitrogen and oxygen atoms in total. The van der Waals surface area contributed by atoms with Gasteiger partial charge in [-0.3, -0.25) is 4.90 Å². The molecule has 1 fully saturated rings. The van der Waals surface area contributed by atoms with Crippen LogP contribution in [0.2, 0.25) is 5.02 Å². The van der Waals surface area contributed by atoms with Gasteiger partial charge in [0.25, 0.3) is 0 Å². The first kappa shape index (κ1) is 13.3. The Balaban J connectivity index is 2.08. The van der Waals surface area contributed by atoms with E-state index < -0.39 is 0 Å². The van der Waals surface area contributed by atoms with E-state index in [1.165, 1.54) is 19.3 Å². The smallest absolute Gasteiger partial charge is 0.146 e. The molecule has 0 bridgehead atoms. The number of hydrogen-bond acceptors (Lipinski definition) is 1. The quantitative estimate of drug-likeness (QED) is 0.734. The Morgan fingerprint density at radius 2 is 2.18 bits per heavy atom. The molecule has 0 spiro atoms. The van der Waals surface area contributed by atoms with Crippen molar-refractivity contribution in [1.82, 2.24) is 4.90 Å². The second-order valence-corrected chi connectivity index (χ2v) is 5.66. The van der Waals surface area contributed by atoms with Crippen LogP contribution in [0.3, 0.4) is 0 Å². The lowest BCUT2D eigenvalue weighted by atomic mass is 9.91. The fourth-order valence-corrected chi connectivity index (χ4v) is 2.79. The summed E-state index contributed by atoms with van der Waals surface area (Å²) in [6.45, 7) is 1.61. The summed E-state index contributed by atoms with van der Waals surface area (Å²) in [5.74, 6) is -0.270. The van der Waals surface area contributed by atoms with Crippen LogP contribution >= 0.6 is 27.5 Å². The van der Waals surface area contributed by atoms with Crippen LogP contribution in [-0.2, 0) is 6.54 Å². The van der Waals surface area contributed by atoms with Crippen molar-refractivity contribution in [2.45, 2.75) is 31.8 Å². The molecule has 1 saturated carbocycles. The molecule has 1 aliphatic carbocycles. The van der Waals surface area contributed by atoms with E-state index >= 15 is 0 Å². The maximum Gasteiger partial charge on any atom is 0.146 e. The van der Waals surface area contributed by atoms with Crippen molar-refractivity contribution < 1.29 is 4.39 Å². The molecule has 1 aliphatic rings. The maximum absolute atomic E-state index is 13.8. The van der Waals surface area contributed by atoms with Crippen LogP contribution in [0.1, 0.15) is 24.8 Å². The molecule has 0 N–H and O–H groups in total. The van der Waals surface area contributed by atoms with E-state index in [2.05, 4.69) is 20.8 Å². The Bertz CT molecular complexity index is 382. The number of alkyl halides is 1. The summed E-state index contributed by atoms with van der Waals surface area (Å²) in [5.41, 5.74) is 0.699. The molecule has 0 aromatic heterocycles. The molecule has 1 aromatic rings. The second kappa shape index (κ2) is 6.17. The Morgan fingerprint density at radius 1 is 1.41 bits per heavy atom. The number of rotatable bonds is 5. The van der Waals surface area contributed by atoms with Crippen molar-refractivity contribution >= 4 is 27.5 Å². The Kier molecular flexibility index (Phi) is 4.83. The van der Waals surface area contributed by atoms with E-state index in [-0.39, 0.29) is 10.8 Å². The second-order valence-electron chi connectivity index (χ2n) is 4.46. The lowest BCUT2D eigenvalue weighted by Gasteiger charge is -2.37. The van der Waals surface area contributed by atoms with Gasteiger partial charge < -0.3 is 0 Å². The Labute approximate surface area is 115 Å². The number of halogens is 3. The zero-order valence-electron chi connectivity index (χ0n) is 9.63. The van der Waals surface area contributed by atoms with Crippen LogP contribution in [0.5, 0.6) is 0 Å². The highest BCUT2D eigenvalue weighted by atomic mass is 79.9. The zero-order valence-corrected chi connectivity index (χ0v) is 12.0. The lowest BCUT2D eigenvalue weighted by Crippen LogP contribution is -2.40. The highest BCUT2D eigenvalue weighted by Gasteiger charge is 2.25. The number of benzene rings is 1. The zero-order chi connectivity index (χ0) is 12.3. The minimum absolute atomic E-state index is 0.218. The van der Waals surface area contributed by atoms with Gasteiger partial charge in [0.2, 0.25) is 0 Å². The SMILES string of the molecule is Fc1c(Cl)cccc1CN(CCBr)C1CCC1. The molecule has 0 saturated heterocycles. The van der Waals surface area contributed by atoms with E-state index in [1.807, 2.05) is 12.1 Å². The van der Waals surface area contributed by atoms with E-state index in [4.69, 9.17) is 11.6 Å². The van der Waals surface area contributed by atoms with Gasteiger partial charge in [0, 0.05) is 30.0 Å². The number of hydrogen-bond donors (Lipinski definition) is 0. The average Bonchev–Trinajstić information content (AvgIpc) is 2.22. The average molecular weight is 321 g/mol. The summed E-state index contributed by atoms with van der Waals surface area (Å²) in [5, 5.41) is 1.14. The molecule has 0 radical (unpaired) electrons. The van der Waals surface area contributed by atoms with Crippen LogP contribution < -0.4 is 0 Å². The minimum Gasteiger partial charge on any atom is -0.295 e. The molecule has 1 aromatic carbocycles. The third-order valence-corrected chi connectivity index (χ3v) is 4.01. The molecule has 94 valence electrons. The van der Waals surface area contributed by atoms with Gasteiger partial charge >= 0.3 is 0 Å². The Hall–Kier alpha value is -0.120. The fraction of sp³-hybridized carbons (Fsp3) is 0.538. The van der Waals surface area contributed by atoms with Crippen LogP contribution in [0.4, 0.5) is 4.39 Å². The summed E-state index contributed by atoms with van der Waals surface area (Å²) in [6.07, 6.45) is 3.76. The molecule has 4 heteroatoms. The van der Waals surface area contributed by atoms with Crippen molar-refractivity contribution in [3.63, 3.8) is 0 Å². The van der Waals surface area contributed by atoms with Crippen LogP contribution in [-0.4, -0.2) is 22.8 Å². The first-order chi connectivity index (χ1) is 8.22. The van der Waals surface area contributed by atoms with E-state index in [9.17, 15) is 4.39 Å². The first-order valence-corrected chi connectivity index (χ1v) is 7.45. The lowest BCUT2D eigenvalue weighted by molar-refractivity contribution is 0.127. The van der Waals surface area contributed by atoms with Crippen molar-refractivity contribution in [2.24, 2.45) is 0 Å². The van der Waals surface area contributed by atoms with E-state index in [0.717, 1.165) is 11.9 Å². The molecule has 17 heavy (non-hydrogen) atoms. The monoisotopic (exact) mass is 319 g/mol.